The summed E-state index contributed by atoms with van der Waals surface area (Å²) >= 11 is 6.27. The number of rotatable bonds is 1. The molecule has 3 heteroatoms. The minimum Gasteiger partial charge on any atom is -0.456 e. The first-order valence-electron chi connectivity index (χ1n) is 13.6. The Hall–Kier alpha value is -4.79. The average Bonchev–Trinajstić information content (AvgIpc) is 3.50. The van der Waals surface area contributed by atoms with E-state index in [1.54, 1.807) is 0 Å². The lowest BCUT2D eigenvalue weighted by molar-refractivity contribution is 0.669. The second-order valence-corrected chi connectivity index (χ2v) is 11.1. The minimum absolute atomic E-state index is 0.406. The first-order valence-corrected chi connectivity index (χ1v) is 13.9. The number of furan rings is 1. The SMILES string of the molecule is Clc1ccc2c(c1)oc1cc(N3c4ccccc4C4(c5ccccc5-c5ccccc54)c4ccccc43)ccc12. The molecule has 0 saturated carbocycles. The van der Waals surface area contributed by atoms with Crippen LogP contribution in [0.5, 0.6) is 0 Å². The normalized spacial score (nSPS) is 14.3. The van der Waals surface area contributed by atoms with Gasteiger partial charge in [-0.05, 0) is 69.8 Å². The van der Waals surface area contributed by atoms with E-state index in [9.17, 15) is 0 Å². The second-order valence-electron chi connectivity index (χ2n) is 10.6. The molecule has 1 aliphatic heterocycles. The van der Waals surface area contributed by atoms with Crippen molar-refractivity contribution in [1.82, 2.24) is 0 Å². The Bertz CT molecular complexity index is 2060. The summed E-state index contributed by atoms with van der Waals surface area (Å²) in [6.07, 6.45) is 0. The zero-order valence-corrected chi connectivity index (χ0v) is 22.2. The van der Waals surface area contributed by atoms with E-state index in [1.165, 1.54) is 44.8 Å². The van der Waals surface area contributed by atoms with Crippen molar-refractivity contribution in [2.24, 2.45) is 0 Å². The molecule has 1 aromatic heterocycles. The largest absolute Gasteiger partial charge is 0.456 e. The summed E-state index contributed by atoms with van der Waals surface area (Å²) < 4.78 is 6.32. The molecule has 0 fully saturated rings. The molecule has 1 spiro atoms. The van der Waals surface area contributed by atoms with Gasteiger partial charge in [-0.1, -0.05) is 96.5 Å². The van der Waals surface area contributed by atoms with E-state index < -0.39 is 5.41 Å². The quantitative estimate of drug-likeness (QED) is 0.209. The third kappa shape index (κ3) is 2.69. The molecule has 0 radical (unpaired) electrons. The molecule has 40 heavy (non-hydrogen) atoms. The highest BCUT2D eigenvalue weighted by atomic mass is 35.5. The Labute approximate surface area is 236 Å². The van der Waals surface area contributed by atoms with Crippen molar-refractivity contribution >= 4 is 50.6 Å². The van der Waals surface area contributed by atoms with Crippen molar-refractivity contribution < 1.29 is 4.42 Å². The van der Waals surface area contributed by atoms with E-state index >= 15 is 0 Å². The standard InChI is InChI=1S/C37H22ClNO/c38-23-17-19-27-28-20-18-24(22-36(28)40-35(27)21-23)39-33-15-7-5-13-31(33)37(32-14-6-8-16-34(32)39)29-11-3-1-9-25(29)26-10-2-4-12-30(26)37/h1-22H. The molecule has 7 aromatic rings. The molecule has 0 bridgehead atoms. The van der Waals surface area contributed by atoms with Crippen molar-refractivity contribution in [3.63, 3.8) is 0 Å². The summed E-state index contributed by atoms with van der Waals surface area (Å²) in [5, 5.41) is 2.83. The van der Waals surface area contributed by atoms with Crippen LogP contribution in [-0.2, 0) is 5.41 Å². The maximum absolute atomic E-state index is 6.32. The van der Waals surface area contributed by atoms with E-state index in [0.29, 0.717) is 5.02 Å². The molecule has 0 atom stereocenters. The Kier molecular flexibility index (Phi) is 4.35. The van der Waals surface area contributed by atoms with Crippen LogP contribution in [0.2, 0.25) is 5.02 Å². The maximum atomic E-state index is 6.32. The molecule has 2 aliphatic rings. The summed E-state index contributed by atoms with van der Waals surface area (Å²) in [5.74, 6) is 0. The Morgan fingerprint density at radius 1 is 0.500 bits per heavy atom. The predicted molar refractivity (Wildman–Crippen MR) is 164 cm³/mol. The molecule has 2 heterocycles. The van der Waals surface area contributed by atoms with E-state index in [2.05, 4.69) is 120 Å². The third-order valence-corrected chi connectivity index (χ3v) is 8.96. The molecular weight excluding hydrogens is 510 g/mol. The summed E-state index contributed by atoms with van der Waals surface area (Å²) in [5.41, 5.74) is 12.5. The highest BCUT2D eigenvalue weighted by Gasteiger charge is 2.51. The number of halogens is 1. The van der Waals surface area contributed by atoms with E-state index in [0.717, 1.165) is 27.6 Å². The number of benzene rings is 6. The highest BCUT2D eigenvalue weighted by molar-refractivity contribution is 6.31. The molecule has 6 aromatic carbocycles. The van der Waals surface area contributed by atoms with Gasteiger partial charge >= 0.3 is 0 Å². The van der Waals surface area contributed by atoms with Gasteiger partial charge in [-0.3, -0.25) is 0 Å². The van der Waals surface area contributed by atoms with Crippen LogP contribution in [0.1, 0.15) is 22.3 Å². The van der Waals surface area contributed by atoms with Gasteiger partial charge in [0.1, 0.15) is 11.2 Å². The number of nitrogens with zero attached hydrogens (tertiary/aromatic N) is 1. The zero-order valence-electron chi connectivity index (χ0n) is 21.4. The fourth-order valence-corrected chi connectivity index (χ4v) is 7.38. The number of hydrogen-bond donors (Lipinski definition) is 0. The lowest BCUT2D eigenvalue weighted by Gasteiger charge is -2.45. The van der Waals surface area contributed by atoms with Crippen LogP contribution in [0.25, 0.3) is 33.1 Å². The lowest BCUT2D eigenvalue weighted by Crippen LogP contribution is -2.36. The van der Waals surface area contributed by atoms with Crippen LogP contribution in [0.15, 0.2) is 138 Å². The summed E-state index contributed by atoms with van der Waals surface area (Å²) in [4.78, 5) is 2.39. The molecule has 0 saturated heterocycles. The van der Waals surface area contributed by atoms with Gasteiger partial charge < -0.3 is 9.32 Å². The number of anilines is 3. The summed E-state index contributed by atoms with van der Waals surface area (Å²) in [7, 11) is 0. The fraction of sp³-hybridized carbons (Fsp3) is 0.0270. The van der Waals surface area contributed by atoms with E-state index in [4.69, 9.17) is 16.0 Å². The third-order valence-electron chi connectivity index (χ3n) is 8.73. The van der Waals surface area contributed by atoms with Gasteiger partial charge in [-0.25, -0.2) is 0 Å². The molecular formula is C37H22ClNO. The van der Waals surface area contributed by atoms with Crippen molar-refractivity contribution in [1.29, 1.82) is 0 Å². The van der Waals surface area contributed by atoms with Gasteiger partial charge in [-0.15, -0.1) is 0 Å². The van der Waals surface area contributed by atoms with Gasteiger partial charge in [0.25, 0.3) is 0 Å². The average molecular weight is 532 g/mol. The van der Waals surface area contributed by atoms with E-state index in [-0.39, 0.29) is 0 Å². The predicted octanol–water partition coefficient (Wildman–Crippen LogP) is 10.4. The molecule has 2 nitrogen and oxygen atoms in total. The van der Waals surface area contributed by atoms with Crippen molar-refractivity contribution in [3.05, 3.63) is 161 Å². The minimum atomic E-state index is -0.406. The van der Waals surface area contributed by atoms with E-state index in [1.807, 2.05) is 18.2 Å². The summed E-state index contributed by atoms with van der Waals surface area (Å²) in [6, 6.07) is 47.9. The number of hydrogen-bond acceptors (Lipinski definition) is 2. The zero-order chi connectivity index (χ0) is 26.4. The van der Waals surface area contributed by atoms with Gasteiger partial charge in [-0.2, -0.15) is 0 Å². The van der Waals surface area contributed by atoms with Gasteiger partial charge in [0.05, 0.1) is 16.8 Å². The van der Waals surface area contributed by atoms with Crippen LogP contribution in [-0.4, -0.2) is 0 Å². The van der Waals surface area contributed by atoms with Crippen LogP contribution >= 0.6 is 11.6 Å². The maximum Gasteiger partial charge on any atom is 0.137 e. The van der Waals surface area contributed by atoms with Gasteiger partial charge in [0.2, 0.25) is 0 Å². The number of fused-ring (bicyclic) bond motifs is 12. The second kappa shape index (κ2) is 7.88. The molecule has 0 amide bonds. The first kappa shape index (κ1) is 22.1. The van der Waals surface area contributed by atoms with Gasteiger partial charge in [0, 0.05) is 33.6 Å². The Morgan fingerprint density at radius 3 is 1.62 bits per heavy atom. The fourth-order valence-electron chi connectivity index (χ4n) is 7.22. The molecule has 188 valence electrons. The molecule has 1 aliphatic carbocycles. The molecule has 0 N–H and O–H groups in total. The van der Waals surface area contributed by atoms with Crippen LogP contribution in [0.3, 0.4) is 0 Å². The van der Waals surface area contributed by atoms with Crippen LogP contribution in [0.4, 0.5) is 17.1 Å². The van der Waals surface area contributed by atoms with Crippen LogP contribution < -0.4 is 4.90 Å². The van der Waals surface area contributed by atoms with Gasteiger partial charge in [0.15, 0.2) is 0 Å². The van der Waals surface area contributed by atoms with Crippen LogP contribution in [0, 0.1) is 0 Å². The van der Waals surface area contributed by atoms with Crippen molar-refractivity contribution in [2.75, 3.05) is 4.90 Å². The van der Waals surface area contributed by atoms with Crippen molar-refractivity contribution in [3.8, 4) is 11.1 Å². The number of para-hydroxylation sites is 2. The molecule has 9 rings (SSSR count). The first-order chi connectivity index (χ1) is 19.7. The smallest absolute Gasteiger partial charge is 0.137 e. The molecule has 0 unspecified atom stereocenters. The Balaban J connectivity index is 1.36. The lowest BCUT2D eigenvalue weighted by atomic mass is 9.64. The highest BCUT2D eigenvalue weighted by Crippen LogP contribution is 2.63. The summed E-state index contributed by atoms with van der Waals surface area (Å²) in [6.45, 7) is 0. The monoisotopic (exact) mass is 531 g/mol. The topological polar surface area (TPSA) is 16.4 Å². The Morgan fingerprint density at radius 2 is 1.00 bits per heavy atom. The van der Waals surface area contributed by atoms with Crippen molar-refractivity contribution in [2.45, 2.75) is 5.41 Å².